The third-order valence-electron chi connectivity index (χ3n) is 2.54. The Labute approximate surface area is 116 Å². The molecule has 5 heteroatoms. The van der Waals surface area contributed by atoms with Crippen LogP contribution in [0.15, 0.2) is 42.5 Å². The number of hydrogen-bond acceptors (Lipinski definition) is 5. The van der Waals surface area contributed by atoms with E-state index >= 15 is 0 Å². The van der Waals surface area contributed by atoms with Crippen molar-refractivity contribution < 1.29 is 8.98 Å². The van der Waals surface area contributed by atoms with Gasteiger partial charge < -0.3 is 15.7 Å². The highest BCUT2D eigenvalue weighted by molar-refractivity contribution is 8.09. The third kappa shape index (κ3) is 3.00. The third-order valence-corrected chi connectivity index (χ3v) is 3.03. The maximum Gasteiger partial charge on any atom is 0.224 e. The number of para-hydroxylation sites is 1. The Morgan fingerprint density at radius 1 is 1.05 bits per heavy atom. The van der Waals surface area contributed by atoms with Gasteiger partial charge in [0, 0.05) is 23.9 Å². The highest BCUT2D eigenvalue weighted by Crippen LogP contribution is 2.39. The zero-order valence-corrected chi connectivity index (χ0v) is 11.2. The summed E-state index contributed by atoms with van der Waals surface area (Å²) in [6.07, 6.45) is 0. The summed E-state index contributed by atoms with van der Waals surface area (Å²) in [5.41, 5.74) is 14.6. The van der Waals surface area contributed by atoms with Gasteiger partial charge in [-0.3, -0.25) is 4.79 Å². The normalized spacial score (nSPS) is 10.2. The number of nitrogen functional groups attached to an aromatic ring is 2. The maximum atomic E-state index is 11.0. The largest absolute Gasteiger partial charge is 0.417 e. The first-order valence-corrected chi connectivity index (χ1v) is 6.42. The molecule has 2 aromatic carbocycles. The molecule has 0 radical (unpaired) electrons. The van der Waals surface area contributed by atoms with E-state index in [2.05, 4.69) is 0 Å². The lowest BCUT2D eigenvalue weighted by Crippen LogP contribution is -1.97. The van der Waals surface area contributed by atoms with Gasteiger partial charge in [-0.1, -0.05) is 24.3 Å². The summed E-state index contributed by atoms with van der Waals surface area (Å²) < 4.78 is 5.42. The smallest absolute Gasteiger partial charge is 0.224 e. The monoisotopic (exact) mass is 274 g/mol. The second-order valence-electron chi connectivity index (χ2n) is 3.97. The zero-order chi connectivity index (χ0) is 13.8. The Bertz CT molecular complexity index is 614. The molecule has 0 aromatic heterocycles. The summed E-state index contributed by atoms with van der Waals surface area (Å²) in [5, 5.41) is -0.130. The number of anilines is 2. The highest BCUT2D eigenvalue weighted by atomic mass is 32.2. The van der Waals surface area contributed by atoms with Gasteiger partial charge in [0.15, 0.2) is 0 Å². The van der Waals surface area contributed by atoms with Crippen LogP contribution in [0.3, 0.4) is 0 Å². The summed E-state index contributed by atoms with van der Waals surface area (Å²) in [4.78, 5) is 11.0. The van der Waals surface area contributed by atoms with Crippen LogP contribution in [0.1, 0.15) is 6.92 Å². The van der Waals surface area contributed by atoms with Crippen molar-refractivity contribution >= 4 is 28.5 Å². The van der Waals surface area contributed by atoms with E-state index in [1.54, 1.807) is 24.3 Å². The molecule has 0 amide bonds. The molecule has 0 aliphatic rings. The lowest BCUT2D eigenvalue weighted by molar-refractivity contribution is -0.109. The van der Waals surface area contributed by atoms with Crippen LogP contribution in [0.5, 0.6) is 5.75 Å². The van der Waals surface area contributed by atoms with E-state index in [1.165, 1.54) is 6.92 Å². The summed E-state index contributed by atoms with van der Waals surface area (Å²) in [7, 11) is 0. The number of benzene rings is 2. The number of rotatable bonds is 3. The van der Waals surface area contributed by atoms with Gasteiger partial charge in [-0.2, -0.15) is 0 Å². The summed E-state index contributed by atoms with van der Waals surface area (Å²) in [5.74, 6) is 0.526. The van der Waals surface area contributed by atoms with Crippen LogP contribution >= 0.6 is 12.0 Å². The minimum absolute atomic E-state index is 0.130. The average Bonchev–Trinajstić information content (AvgIpc) is 2.37. The van der Waals surface area contributed by atoms with Crippen LogP contribution < -0.4 is 15.7 Å². The van der Waals surface area contributed by atoms with Crippen molar-refractivity contribution in [3.8, 4) is 16.9 Å². The van der Waals surface area contributed by atoms with Crippen LogP contribution in [0.4, 0.5) is 11.4 Å². The van der Waals surface area contributed by atoms with Gasteiger partial charge in [-0.15, -0.1) is 0 Å². The van der Waals surface area contributed by atoms with E-state index in [9.17, 15) is 4.79 Å². The predicted molar refractivity (Wildman–Crippen MR) is 79.6 cm³/mol. The number of nitrogens with two attached hydrogens (primary N) is 2. The van der Waals surface area contributed by atoms with Crippen molar-refractivity contribution in [3.63, 3.8) is 0 Å². The minimum Gasteiger partial charge on any atom is -0.417 e. The summed E-state index contributed by atoms with van der Waals surface area (Å²) >= 11 is 0.772. The van der Waals surface area contributed by atoms with Gasteiger partial charge in [0.25, 0.3) is 0 Å². The molecular formula is C14H14N2O2S. The number of carbonyl (C=O) groups is 1. The molecule has 2 aromatic rings. The van der Waals surface area contributed by atoms with Crippen molar-refractivity contribution in [2.75, 3.05) is 11.5 Å². The maximum absolute atomic E-state index is 11.0. The summed E-state index contributed by atoms with van der Waals surface area (Å²) in [6.45, 7) is 1.44. The van der Waals surface area contributed by atoms with E-state index in [1.807, 2.05) is 18.2 Å². The second kappa shape index (κ2) is 5.67. The van der Waals surface area contributed by atoms with Crippen LogP contribution in [0.2, 0.25) is 0 Å². The molecule has 0 bridgehead atoms. The highest BCUT2D eigenvalue weighted by Gasteiger charge is 2.13. The lowest BCUT2D eigenvalue weighted by Gasteiger charge is -2.13. The van der Waals surface area contributed by atoms with Crippen LogP contribution in [0.25, 0.3) is 11.1 Å². The van der Waals surface area contributed by atoms with E-state index in [4.69, 9.17) is 15.7 Å². The first-order valence-electron chi connectivity index (χ1n) is 5.68. The number of carbonyl (C=O) groups excluding carboxylic acids is 1. The Hall–Kier alpha value is -2.14. The Kier molecular flexibility index (Phi) is 3.97. The average molecular weight is 274 g/mol. The molecule has 0 unspecified atom stereocenters. The fourth-order valence-corrected chi connectivity index (χ4v) is 2.08. The van der Waals surface area contributed by atoms with Crippen LogP contribution in [-0.4, -0.2) is 5.12 Å². The Morgan fingerprint density at radius 3 is 2.42 bits per heavy atom. The van der Waals surface area contributed by atoms with Crippen molar-refractivity contribution in [3.05, 3.63) is 42.5 Å². The molecule has 0 saturated heterocycles. The quantitative estimate of drug-likeness (QED) is 0.664. The molecule has 0 aliphatic carbocycles. The van der Waals surface area contributed by atoms with Crippen molar-refractivity contribution in [1.82, 2.24) is 0 Å². The van der Waals surface area contributed by atoms with Gasteiger partial charge in [0.05, 0.1) is 5.56 Å². The molecule has 98 valence electrons. The van der Waals surface area contributed by atoms with E-state index < -0.39 is 0 Å². The van der Waals surface area contributed by atoms with E-state index in [0.717, 1.165) is 17.6 Å². The molecular weight excluding hydrogens is 260 g/mol. The van der Waals surface area contributed by atoms with Crippen molar-refractivity contribution in [1.29, 1.82) is 0 Å². The van der Waals surface area contributed by atoms with E-state index in [0.29, 0.717) is 22.7 Å². The molecule has 19 heavy (non-hydrogen) atoms. The standard InChI is InChI=1S/C14H14N2O2S/c1-9(17)19-18-13-8-4-7-12(16)14(13)10-5-2-3-6-11(10)15/h2-8H,15-16H2,1H3. The molecule has 4 nitrogen and oxygen atoms in total. The fraction of sp³-hybridized carbons (Fsp3) is 0.0714. The van der Waals surface area contributed by atoms with Crippen molar-refractivity contribution in [2.45, 2.75) is 6.92 Å². The summed E-state index contributed by atoms with van der Waals surface area (Å²) in [6, 6.07) is 12.7. The van der Waals surface area contributed by atoms with Crippen LogP contribution in [-0.2, 0) is 4.79 Å². The molecule has 0 aliphatic heterocycles. The molecule has 0 saturated carbocycles. The molecule has 2 rings (SSSR count). The van der Waals surface area contributed by atoms with Crippen LogP contribution in [0, 0.1) is 0 Å². The topological polar surface area (TPSA) is 78.3 Å². The van der Waals surface area contributed by atoms with Gasteiger partial charge in [-0.05, 0) is 18.2 Å². The number of hydrogen-bond donors (Lipinski definition) is 2. The SMILES string of the molecule is CC(=O)SOc1cccc(N)c1-c1ccccc1N. The second-order valence-corrected chi connectivity index (χ2v) is 4.87. The predicted octanol–water partition coefficient (Wildman–Crippen LogP) is 3.09. The fourth-order valence-electron chi connectivity index (χ4n) is 1.73. The minimum atomic E-state index is -0.130. The lowest BCUT2D eigenvalue weighted by atomic mass is 10.0. The Balaban J connectivity index is 2.49. The molecule has 0 spiro atoms. The Morgan fingerprint density at radius 2 is 1.74 bits per heavy atom. The van der Waals surface area contributed by atoms with E-state index in [-0.39, 0.29) is 5.12 Å². The zero-order valence-electron chi connectivity index (χ0n) is 10.4. The first-order chi connectivity index (χ1) is 9.09. The molecule has 0 atom stereocenters. The molecule has 0 heterocycles. The van der Waals surface area contributed by atoms with Gasteiger partial charge in [0.1, 0.15) is 17.8 Å². The first kappa shape index (κ1) is 13.3. The molecule has 0 fully saturated rings. The van der Waals surface area contributed by atoms with Gasteiger partial charge >= 0.3 is 0 Å². The molecule has 4 N–H and O–H groups in total. The van der Waals surface area contributed by atoms with Gasteiger partial charge in [0.2, 0.25) is 5.12 Å². The van der Waals surface area contributed by atoms with Crippen molar-refractivity contribution in [2.24, 2.45) is 0 Å². The van der Waals surface area contributed by atoms with Gasteiger partial charge in [-0.25, -0.2) is 0 Å².